The Morgan fingerprint density at radius 1 is 1.03 bits per heavy atom. The van der Waals surface area contributed by atoms with Gasteiger partial charge in [0.15, 0.2) is 5.13 Å². The number of aromatic nitrogens is 2. The molecule has 1 saturated heterocycles. The Morgan fingerprint density at radius 3 is 2.47 bits per heavy atom. The number of thiazole rings is 1. The molecule has 0 saturated carbocycles. The highest BCUT2D eigenvalue weighted by Crippen LogP contribution is 2.44. The number of aliphatic hydroxyl groups is 1. The molecule has 8 nitrogen and oxygen atoms in total. The molecule has 194 valence electrons. The van der Waals surface area contributed by atoms with Crippen molar-refractivity contribution in [2.75, 3.05) is 18.6 Å². The second kappa shape index (κ2) is 11.0. The van der Waals surface area contributed by atoms with Crippen molar-refractivity contribution < 1.29 is 24.2 Å². The molecule has 1 fully saturated rings. The number of methoxy groups -OCH3 is 1. The molecule has 4 aromatic rings. The standard InChI is InChI=1S/C29H27N3O5S/c1-3-4-5-16-37-20-8-6-18(7-9-20)25-24(26(33)19-12-14-30-15-13-19)27(34)28(35)32(25)29-31-22-11-10-21(36-2)17-23(22)38-29/h6-15,17,25,33H,3-5,16H2,1-2H3/b26-24+. The number of hydrogen-bond donors (Lipinski definition) is 1. The Labute approximate surface area is 224 Å². The summed E-state index contributed by atoms with van der Waals surface area (Å²) in [5.41, 5.74) is 1.72. The van der Waals surface area contributed by atoms with Crippen LogP contribution >= 0.6 is 11.3 Å². The van der Waals surface area contributed by atoms with Crippen molar-refractivity contribution in [3.8, 4) is 11.5 Å². The first-order valence-corrected chi connectivity index (χ1v) is 13.2. The molecule has 38 heavy (non-hydrogen) atoms. The molecule has 1 aliphatic heterocycles. The van der Waals surface area contributed by atoms with E-state index < -0.39 is 17.7 Å². The number of nitrogens with zero attached hydrogens (tertiary/aromatic N) is 3. The molecule has 1 N–H and O–H groups in total. The number of unbranched alkanes of at least 4 members (excludes halogenated alkanes) is 2. The van der Waals surface area contributed by atoms with Gasteiger partial charge in [-0.25, -0.2) is 4.98 Å². The molecule has 0 aliphatic carbocycles. The highest BCUT2D eigenvalue weighted by molar-refractivity contribution is 7.22. The van der Waals surface area contributed by atoms with Crippen LogP contribution in [0, 0.1) is 0 Å². The fraction of sp³-hybridized carbons (Fsp3) is 0.241. The van der Waals surface area contributed by atoms with Crippen molar-refractivity contribution in [1.82, 2.24) is 9.97 Å². The minimum absolute atomic E-state index is 0.00495. The lowest BCUT2D eigenvalue weighted by Crippen LogP contribution is -2.29. The zero-order valence-electron chi connectivity index (χ0n) is 21.1. The number of benzene rings is 2. The van der Waals surface area contributed by atoms with Crippen molar-refractivity contribution in [1.29, 1.82) is 0 Å². The maximum absolute atomic E-state index is 13.4. The van der Waals surface area contributed by atoms with E-state index >= 15 is 0 Å². The molecule has 1 atom stereocenters. The molecule has 2 aromatic heterocycles. The lowest BCUT2D eigenvalue weighted by atomic mass is 9.95. The highest BCUT2D eigenvalue weighted by Gasteiger charge is 2.48. The summed E-state index contributed by atoms with van der Waals surface area (Å²) in [6.45, 7) is 2.75. The maximum atomic E-state index is 13.4. The predicted molar refractivity (Wildman–Crippen MR) is 147 cm³/mol. The van der Waals surface area contributed by atoms with Crippen molar-refractivity contribution in [2.45, 2.75) is 32.2 Å². The molecule has 1 amide bonds. The third kappa shape index (κ3) is 4.84. The Bertz CT molecular complexity index is 1500. The van der Waals surface area contributed by atoms with Crippen LogP contribution in [-0.4, -0.2) is 40.5 Å². The number of ketones is 1. The number of Topliss-reactive ketones (excluding diaryl/α,β-unsaturated/α-hetero) is 1. The van der Waals surface area contributed by atoms with Gasteiger partial charge in [0.05, 0.1) is 35.5 Å². The topological polar surface area (TPSA) is 102 Å². The summed E-state index contributed by atoms with van der Waals surface area (Å²) in [6, 6.07) is 15.0. The van der Waals surface area contributed by atoms with Gasteiger partial charge in [0.25, 0.3) is 5.78 Å². The van der Waals surface area contributed by atoms with Crippen molar-refractivity contribution in [2.24, 2.45) is 0 Å². The van der Waals surface area contributed by atoms with Crippen LogP contribution in [0.4, 0.5) is 5.13 Å². The van der Waals surface area contributed by atoms with Crippen LogP contribution in [0.15, 0.2) is 72.6 Å². The number of aliphatic hydroxyl groups excluding tert-OH is 1. The van der Waals surface area contributed by atoms with E-state index in [1.54, 1.807) is 31.4 Å². The van der Waals surface area contributed by atoms with Crippen LogP contribution in [0.1, 0.15) is 43.4 Å². The quantitative estimate of drug-likeness (QED) is 0.125. The van der Waals surface area contributed by atoms with Crippen LogP contribution in [0.25, 0.3) is 16.0 Å². The summed E-state index contributed by atoms with van der Waals surface area (Å²) in [5, 5.41) is 11.6. The van der Waals surface area contributed by atoms with Gasteiger partial charge in [-0.1, -0.05) is 43.2 Å². The molecular weight excluding hydrogens is 502 g/mol. The van der Waals surface area contributed by atoms with E-state index in [1.807, 2.05) is 30.3 Å². The zero-order chi connectivity index (χ0) is 26.6. The van der Waals surface area contributed by atoms with Gasteiger partial charge in [0.1, 0.15) is 17.3 Å². The van der Waals surface area contributed by atoms with Crippen LogP contribution in [0.2, 0.25) is 0 Å². The van der Waals surface area contributed by atoms with E-state index in [-0.39, 0.29) is 11.3 Å². The van der Waals surface area contributed by atoms with E-state index in [0.29, 0.717) is 39.9 Å². The average molecular weight is 530 g/mol. The number of carbonyl (C=O) groups is 2. The fourth-order valence-electron chi connectivity index (χ4n) is 4.42. The lowest BCUT2D eigenvalue weighted by Gasteiger charge is -2.23. The second-order valence-corrected chi connectivity index (χ2v) is 9.87. The highest BCUT2D eigenvalue weighted by atomic mass is 32.1. The van der Waals surface area contributed by atoms with Crippen LogP contribution < -0.4 is 14.4 Å². The molecule has 3 heterocycles. The Kier molecular flexibility index (Phi) is 7.37. The lowest BCUT2D eigenvalue weighted by molar-refractivity contribution is -0.132. The number of pyridine rings is 1. The molecule has 0 radical (unpaired) electrons. The number of rotatable bonds is 9. The number of anilines is 1. The molecule has 1 aliphatic rings. The molecule has 0 spiro atoms. The number of fused-ring (bicyclic) bond motifs is 1. The SMILES string of the molecule is CCCCCOc1ccc(C2/C(=C(\O)c3ccncc3)C(=O)C(=O)N2c2nc3ccc(OC)cc3s2)cc1. The first kappa shape index (κ1) is 25.4. The second-order valence-electron chi connectivity index (χ2n) is 8.86. The third-order valence-electron chi connectivity index (χ3n) is 6.40. The normalized spacial score (nSPS) is 16.8. The van der Waals surface area contributed by atoms with Gasteiger partial charge >= 0.3 is 5.91 Å². The van der Waals surface area contributed by atoms with Gasteiger partial charge in [0.2, 0.25) is 0 Å². The third-order valence-corrected chi connectivity index (χ3v) is 7.42. The molecule has 9 heteroatoms. The summed E-state index contributed by atoms with van der Waals surface area (Å²) >= 11 is 1.28. The molecule has 0 bridgehead atoms. The Balaban J connectivity index is 1.59. The molecule has 2 aromatic carbocycles. The predicted octanol–water partition coefficient (Wildman–Crippen LogP) is 5.90. The average Bonchev–Trinajstić information content (AvgIpc) is 3.49. The summed E-state index contributed by atoms with van der Waals surface area (Å²) in [6.07, 6.45) is 6.20. The summed E-state index contributed by atoms with van der Waals surface area (Å²) in [7, 11) is 1.58. The van der Waals surface area contributed by atoms with Gasteiger partial charge in [0, 0.05) is 18.0 Å². The zero-order valence-corrected chi connectivity index (χ0v) is 21.9. The van der Waals surface area contributed by atoms with Crippen LogP contribution in [-0.2, 0) is 9.59 Å². The van der Waals surface area contributed by atoms with Crippen molar-refractivity contribution in [3.63, 3.8) is 0 Å². The monoisotopic (exact) mass is 529 g/mol. The van der Waals surface area contributed by atoms with E-state index in [4.69, 9.17) is 9.47 Å². The molecule has 1 unspecified atom stereocenters. The summed E-state index contributed by atoms with van der Waals surface area (Å²) < 4.78 is 12.0. The first-order valence-electron chi connectivity index (χ1n) is 12.4. The van der Waals surface area contributed by atoms with Crippen molar-refractivity contribution in [3.05, 3.63) is 83.7 Å². The molecule has 5 rings (SSSR count). The fourth-order valence-corrected chi connectivity index (χ4v) is 5.44. The van der Waals surface area contributed by atoms with Gasteiger partial charge in [-0.3, -0.25) is 19.5 Å². The number of ether oxygens (including phenoxy) is 2. The van der Waals surface area contributed by atoms with Gasteiger partial charge in [-0.15, -0.1) is 0 Å². The molecular formula is C29H27N3O5S. The van der Waals surface area contributed by atoms with Crippen molar-refractivity contribution >= 4 is 44.1 Å². The van der Waals surface area contributed by atoms with E-state index in [9.17, 15) is 14.7 Å². The summed E-state index contributed by atoms with van der Waals surface area (Å²) in [4.78, 5) is 36.8. The number of hydrogen-bond acceptors (Lipinski definition) is 8. The maximum Gasteiger partial charge on any atom is 0.301 e. The Hall–Kier alpha value is -4.24. The number of amides is 1. The van der Waals surface area contributed by atoms with Gasteiger partial charge in [-0.2, -0.15) is 0 Å². The van der Waals surface area contributed by atoms with Crippen LogP contribution in [0.5, 0.6) is 11.5 Å². The Morgan fingerprint density at radius 2 is 1.76 bits per heavy atom. The first-order chi connectivity index (χ1) is 18.5. The largest absolute Gasteiger partial charge is 0.507 e. The number of carbonyl (C=O) groups excluding carboxylic acids is 2. The van der Waals surface area contributed by atoms with E-state index in [2.05, 4.69) is 16.9 Å². The smallest absolute Gasteiger partial charge is 0.301 e. The minimum atomic E-state index is -0.875. The van der Waals surface area contributed by atoms with Gasteiger partial charge in [-0.05, 0) is 54.4 Å². The van der Waals surface area contributed by atoms with Crippen LogP contribution in [0.3, 0.4) is 0 Å². The van der Waals surface area contributed by atoms with Gasteiger partial charge < -0.3 is 14.6 Å². The summed E-state index contributed by atoms with van der Waals surface area (Å²) in [5.74, 6) is -0.431. The van der Waals surface area contributed by atoms with E-state index in [1.165, 1.54) is 28.6 Å². The van der Waals surface area contributed by atoms with E-state index in [0.717, 1.165) is 24.0 Å². The minimum Gasteiger partial charge on any atom is -0.507 e.